The van der Waals surface area contributed by atoms with Crippen molar-refractivity contribution in [2.24, 2.45) is 0 Å². The van der Waals surface area contributed by atoms with Crippen LogP contribution in [-0.4, -0.2) is 12.1 Å². The molecule has 1 heterocycles. The van der Waals surface area contributed by atoms with Gasteiger partial charge in [0.15, 0.2) is 0 Å². The average Bonchev–Trinajstić information content (AvgIpc) is 2.05. The molecule has 2 nitrogen and oxygen atoms in total. The van der Waals surface area contributed by atoms with Crippen LogP contribution in [0.5, 0.6) is 0 Å². The third-order valence-corrected chi connectivity index (χ3v) is 2.10. The molecule has 1 fully saturated rings. The SMILES string of the molecule is C/C=C\CCC1CCCC(=O)O1. The van der Waals surface area contributed by atoms with Crippen molar-refractivity contribution in [2.45, 2.75) is 45.1 Å². The third kappa shape index (κ3) is 3.07. The van der Waals surface area contributed by atoms with Crippen LogP contribution in [0, 0.1) is 0 Å². The molecule has 12 heavy (non-hydrogen) atoms. The summed E-state index contributed by atoms with van der Waals surface area (Å²) >= 11 is 0. The Kier molecular flexibility index (Phi) is 3.85. The van der Waals surface area contributed by atoms with E-state index in [1.807, 2.05) is 13.0 Å². The van der Waals surface area contributed by atoms with Crippen molar-refractivity contribution in [3.8, 4) is 0 Å². The number of hydrogen-bond donors (Lipinski definition) is 0. The lowest BCUT2D eigenvalue weighted by Crippen LogP contribution is -2.23. The Hall–Kier alpha value is -0.790. The van der Waals surface area contributed by atoms with Gasteiger partial charge in [-0.15, -0.1) is 0 Å². The van der Waals surface area contributed by atoms with Gasteiger partial charge in [-0.1, -0.05) is 12.2 Å². The second kappa shape index (κ2) is 4.96. The van der Waals surface area contributed by atoms with Crippen LogP contribution in [-0.2, 0) is 9.53 Å². The molecular formula is C10H16O2. The molecule has 0 N–H and O–H groups in total. The summed E-state index contributed by atoms with van der Waals surface area (Å²) in [6.07, 6.45) is 8.99. The summed E-state index contributed by atoms with van der Waals surface area (Å²) in [4.78, 5) is 10.9. The molecule has 0 aliphatic carbocycles. The number of carbonyl (C=O) groups is 1. The van der Waals surface area contributed by atoms with E-state index < -0.39 is 0 Å². The highest BCUT2D eigenvalue weighted by Crippen LogP contribution is 2.17. The Bertz CT molecular complexity index is 173. The zero-order valence-corrected chi connectivity index (χ0v) is 7.58. The number of carbonyl (C=O) groups excluding carboxylic acids is 1. The minimum atomic E-state index is -0.0215. The fraction of sp³-hybridized carbons (Fsp3) is 0.700. The Labute approximate surface area is 73.6 Å². The topological polar surface area (TPSA) is 26.3 Å². The molecule has 0 amide bonds. The predicted octanol–water partition coefficient (Wildman–Crippen LogP) is 2.44. The first-order valence-electron chi connectivity index (χ1n) is 4.63. The normalized spacial score (nSPS) is 24.4. The van der Waals surface area contributed by atoms with Gasteiger partial charge in [-0.2, -0.15) is 0 Å². The highest BCUT2D eigenvalue weighted by atomic mass is 16.5. The summed E-state index contributed by atoms with van der Waals surface area (Å²) in [6, 6.07) is 0. The smallest absolute Gasteiger partial charge is 0.306 e. The standard InChI is InChI=1S/C10H16O2/c1-2-3-4-6-9-7-5-8-10(11)12-9/h2-3,9H,4-8H2,1H3/b3-2-. The highest BCUT2D eigenvalue weighted by Gasteiger charge is 2.18. The molecule has 1 aliphatic rings. The van der Waals surface area contributed by atoms with E-state index in [2.05, 4.69) is 6.08 Å². The Morgan fingerprint density at radius 2 is 2.50 bits per heavy atom. The van der Waals surface area contributed by atoms with Gasteiger partial charge >= 0.3 is 5.97 Å². The lowest BCUT2D eigenvalue weighted by molar-refractivity contribution is -0.153. The quantitative estimate of drug-likeness (QED) is 0.478. The molecular weight excluding hydrogens is 152 g/mol. The van der Waals surface area contributed by atoms with Crippen molar-refractivity contribution >= 4 is 5.97 Å². The largest absolute Gasteiger partial charge is 0.462 e. The van der Waals surface area contributed by atoms with Crippen LogP contribution in [0.2, 0.25) is 0 Å². The first kappa shape index (κ1) is 9.30. The number of esters is 1. The maximum absolute atomic E-state index is 10.9. The van der Waals surface area contributed by atoms with Crippen molar-refractivity contribution < 1.29 is 9.53 Å². The zero-order chi connectivity index (χ0) is 8.81. The predicted molar refractivity (Wildman–Crippen MR) is 47.8 cm³/mol. The fourth-order valence-electron chi connectivity index (χ4n) is 1.43. The summed E-state index contributed by atoms with van der Waals surface area (Å²) in [7, 11) is 0. The molecule has 1 unspecified atom stereocenters. The third-order valence-electron chi connectivity index (χ3n) is 2.10. The molecule has 1 atom stereocenters. The van der Waals surface area contributed by atoms with E-state index in [1.54, 1.807) is 0 Å². The molecule has 0 aromatic carbocycles. The molecule has 1 saturated heterocycles. The van der Waals surface area contributed by atoms with Crippen LogP contribution < -0.4 is 0 Å². The molecule has 1 aliphatic heterocycles. The monoisotopic (exact) mass is 168 g/mol. The van der Waals surface area contributed by atoms with E-state index in [-0.39, 0.29) is 12.1 Å². The minimum absolute atomic E-state index is 0.0215. The Morgan fingerprint density at radius 1 is 1.67 bits per heavy atom. The van der Waals surface area contributed by atoms with E-state index in [1.165, 1.54) is 0 Å². The maximum Gasteiger partial charge on any atom is 0.306 e. The number of rotatable bonds is 3. The van der Waals surface area contributed by atoms with E-state index in [4.69, 9.17) is 4.74 Å². The number of allylic oxidation sites excluding steroid dienone is 2. The van der Waals surface area contributed by atoms with Gasteiger partial charge in [0.05, 0.1) is 0 Å². The summed E-state index contributed by atoms with van der Waals surface area (Å²) < 4.78 is 5.16. The van der Waals surface area contributed by atoms with Crippen molar-refractivity contribution in [2.75, 3.05) is 0 Å². The van der Waals surface area contributed by atoms with Gasteiger partial charge in [0.2, 0.25) is 0 Å². The number of cyclic esters (lactones) is 1. The Balaban J connectivity index is 2.18. The maximum atomic E-state index is 10.9. The van der Waals surface area contributed by atoms with E-state index in [9.17, 15) is 4.79 Å². The minimum Gasteiger partial charge on any atom is -0.462 e. The summed E-state index contributed by atoms with van der Waals surface area (Å²) in [5.74, 6) is -0.0215. The van der Waals surface area contributed by atoms with Crippen LogP contribution in [0.15, 0.2) is 12.2 Å². The molecule has 0 bridgehead atoms. The Morgan fingerprint density at radius 3 is 3.17 bits per heavy atom. The van der Waals surface area contributed by atoms with E-state index in [0.717, 1.165) is 25.7 Å². The van der Waals surface area contributed by atoms with Gasteiger partial charge < -0.3 is 4.74 Å². The molecule has 0 saturated carbocycles. The molecule has 2 heteroatoms. The number of hydrogen-bond acceptors (Lipinski definition) is 2. The second-order valence-corrected chi connectivity index (χ2v) is 3.15. The molecule has 0 aromatic heterocycles. The van der Waals surface area contributed by atoms with Crippen molar-refractivity contribution in [3.63, 3.8) is 0 Å². The van der Waals surface area contributed by atoms with Gasteiger partial charge in [-0.25, -0.2) is 0 Å². The van der Waals surface area contributed by atoms with E-state index >= 15 is 0 Å². The van der Waals surface area contributed by atoms with E-state index in [0.29, 0.717) is 6.42 Å². The second-order valence-electron chi connectivity index (χ2n) is 3.15. The molecule has 0 spiro atoms. The molecule has 1 rings (SSSR count). The summed E-state index contributed by atoms with van der Waals surface area (Å²) in [5, 5.41) is 0. The number of ether oxygens (including phenoxy) is 1. The van der Waals surface area contributed by atoms with Crippen LogP contribution in [0.3, 0.4) is 0 Å². The van der Waals surface area contributed by atoms with Gasteiger partial charge in [-0.05, 0) is 32.6 Å². The summed E-state index contributed by atoms with van der Waals surface area (Å²) in [5.41, 5.74) is 0. The van der Waals surface area contributed by atoms with Gasteiger partial charge in [-0.3, -0.25) is 4.79 Å². The van der Waals surface area contributed by atoms with Crippen LogP contribution in [0.25, 0.3) is 0 Å². The van der Waals surface area contributed by atoms with Crippen molar-refractivity contribution in [3.05, 3.63) is 12.2 Å². The fourth-order valence-corrected chi connectivity index (χ4v) is 1.43. The lowest BCUT2D eigenvalue weighted by atomic mass is 10.0. The van der Waals surface area contributed by atoms with Gasteiger partial charge in [0.25, 0.3) is 0 Å². The first-order valence-corrected chi connectivity index (χ1v) is 4.63. The molecule has 0 aromatic rings. The average molecular weight is 168 g/mol. The van der Waals surface area contributed by atoms with Crippen molar-refractivity contribution in [1.29, 1.82) is 0 Å². The van der Waals surface area contributed by atoms with Gasteiger partial charge in [0.1, 0.15) is 6.10 Å². The lowest BCUT2D eigenvalue weighted by Gasteiger charge is -2.21. The van der Waals surface area contributed by atoms with Crippen LogP contribution in [0.1, 0.15) is 39.0 Å². The van der Waals surface area contributed by atoms with Crippen LogP contribution in [0.4, 0.5) is 0 Å². The molecule has 68 valence electrons. The highest BCUT2D eigenvalue weighted by molar-refractivity contribution is 5.70. The zero-order valence-electron chi connectivity index (χ0n) is 7.58. The first-order chi connectivity index (χ1) is 5.83. The summed E-state index contributed by atoms with van der Waals surface area (Å²) in [6.45, 7) is 2.01. The van der Waals surface area contributed by atoms with Crippen LogP contribution >= 0.6 is 0 Å². The van der Waals surface area contributed by atoms with Crippen molar-refractivity contribution in [1.82, 2.24) is 0 Å². The molecule has 0 radical (unpaired) electrons. The van der Waals surface area contributed by atoms with Gasteiger partial charge in [0, 0.05) is 6.42 Å².